The Morgan fingerprint density at radius 1 is 1.25 bits per heavy atom. The molecule has 1 fully saturated rings. The van der Waals surface area contributed by atoms with Crippen molar-refractivity contribution in [3.63, 3.8) is 0 Å². The van der Waals surface area contributed by atoms with Crippen molar-refractivity contribution in [2.75, 3.05) is 19.0 Å². The van der Waals surface area contributed by atoms with Crippen LogP contribution >= 0.6 is 0 Å². The van der Waals surface area contributed by atoms with E-state index in [1.807, 2.05) is 38.2 Å². The highest BCUT2D eigenvalue weighted by Gasteiger charge is 2.35. The van der Waals surface area contributed by atoms with Gasteiger partial charge in [-0.3, -0.25) is 0 Å². The Balaban J connectivity index is 1.94. The fraction of sp³-hybridized carbons (Fsp3) is 0.467. The molecule has 1 aromatic heterocycles. The molecule has 0 saturated carbocycles. The molecule has 2 aromatic rings. The number of hydrogen-bond acceptors (Lipinski definition) is 5. The zero-order chi connectivity index (χ0) is 14.0. The fourth-order valence-corrected chi connectivity index (χ4v) is 2.55. The Hall–Kier alpha value is -1.88. The first kappa shape index (κ1) is 13.1. The Morgan fingerprint density at radius 2 is 2.10 bits per heavy atom. The molecule has 0 bridgehead atoms. The van der Waals surface area contributed by atoms with Gasteiger partial charge in [0.05, 0.1) is 5.56 Å². The zero-order valence-electron chi connectivity index (χ0n) is 11.8. The van der Waals surface area contributed by atoms with Crippen molar-refractivity contribution < 1.29 is 9.26 Å². The summed E-state index contributed by atoms with van der Waals surface area (Å²) in [5.74, 6) is 1.17. The molecule has 1 saturated heterocycles. The van der Waals surface area contributed by atoms with Gasteiger partial charge in [0.25, 0.3) is 5.89 Å². The monoisotopic (exact) mass is 273 g/mol. The molecule has 1 aliphatic heterocycles. The molecule has 1 N–H and O–H groups in total. The number of aromatic nitrogens is 2. The minimum Gasteiger partial charge on any atom is -0.387 e. The maximum absolute atomic E-state index is 5.86. The van der Waals surface area contributed by atoms with E-state index in [1.54, 1.807) is 0 Å². The highest BCUT2D eigenvalue weighted by atomic mass is 16.5. The van der Waals surface area contributed by atoms with Crippen molar-refractivity contribution in [3.8, 4) is 11.5 Å². The van der Waals surface area contributed by atoms with Crippen LogP contribution in [0.1, 0.15) is 32.0 Å². The molecule has 1 aliphatic rings. The standard InChI is InChI=1S/C15H19N3O2/c1-15(9-5-6-10-19-15)14-17-13(20-18-14)11-7-3-4-8-12(11)16-2/h3-4,7-8,16H,5-6,9-10H2,1-2H3. The number of hydrogen-bond donors (Lipinski definition) is 1. The Bertz CT molecular complexity index is 588. The van der Waals surface area contributed by atoms with Gasteiger partial charge in [-0.05, 0) is 38.3 Å². The van der Waals surface area contributed by atoms with Crippen molar-refractivity contribution in [1.29, 1.82) is 0 Å². The van der Waals surface area contributed by atoms with Crippen molar-refractivity contribution in [2.24, 2.45) is 0 Å². The molecule has 1 aromatic carbocycles. The fourth-order valence-electron chi connectivity index (χ4n) is 2.55. The molecule has 0 aliphatic carbocycles. The summed E-state index contributed by atoms with van der Waals surface area (Å²) in [5.41, 5.74) is 1.46. The third-order valence-corrected chi connectivity index (χ3v) is 3.79. The van der Waals surface area contributed by atoms with Gasteiger partial charge in [-0.15, -0.1) is 0 Å². The summed E-state index contributed by atoms with van der Waals surface area (Å²) in [6.45, 7) is 2.79. The number of ether oxygens (including phenoxy) is 1. The first-order valence-electron chi connectivity index (χ1n) is 6.98. The molecular weight excluding hydrogens is 254 g/mol. The lowest BCUT2D eigenvalue weighted by molar-refractivity contribution is -0.0770. The van der Waals surface area contributed by atoms with E-state index in [4.69, 9.17) is 9.26 Å². The normalized spacial score (nSPS) is 22.7. The van der Waals surface area contributed by atoms with Crippen LogP contribution in [-0.2, 0) is 10.3 Å². The van der Waals surface area contributed by atoms with Gasteiger partial charge in [0.2, 0.25) is 5.82 Å². The summed E-state index contributed by atoms with van der Waals surface area (Å²) in [7, 11) is 1.88. The van der Waals surface area contributed by atoms with Gasteiger partial charge < -0.3 is 14.6 Å². The van der Waals surface area contributed by atoms with E-state index in [9.17, 15) is 0 Å². The summed E-state index contributed by atoms with van der Waals surface area (Å²) in [6.07, 6.45) is 3.16. The van der Waals surface area contributed by atoms with Gasteiger partial charge in [-0.2, -0.15) is 4.98 Å². The predicted octanol–water partition coefficient (Wildman–Crippen LogP) is 3.19. The number of anilines is 1. The second-order valence-corrected chi connectivity index (χ2v) is 5.26. The van der Waals surface area contributed by atoms with Gasteiger partial charge in [0, 0.05) is 19.3 Å². The maximum atomic E-state index is 5.86. The minimum atomic E-state index is -0.422. The molecule has 0 radical (unpaired) electrons. The first-order valence-corrected chi connectivity index (χ1v) is 6.98. The lowest BCUT2D eigenvalue weighted by Gasteiger charge is -2.30. The first-order chi connectivity index (χ1) is 9.73. The van der Waals surface area contributed by atoms with Crippen molar-refractivity contribution in [2.45, 2.75) is 31.8 Å². The molecule has 106 valence electrons. The quantitative estimate of drug-likeness (QED) is 0.930. The number of nitrogens with one attached hydrogen (secondary N) is 1. The topological polar surface area (TPSA) is 60.2 Å². The third kappa shape index (κ3) is 2.29. The highest BCUT2D eigenvalue weighted by Crippen LogP contribution is 2.34. The van der Waals surface area contributed by atoms with Gasteiger partial charge in [0.15, 0.2) is 0 Å². The molecule has 0 amide bonds. The molecule has 2 heterocycles. The van der Waals surface area contributed by atoms with E-state index >= 15 is 0 Å². The summed E-state index contributed by atoms with van der Waals surface area (Å²) in [6, 6.07) is 7.88. The van der Waals surface area contributed by atoms with Crippen LogP contribution < -0.4 is 5.32 Å². The van der Waals surface area contributed by atoms with Crippen LogP contribution in [0.3, 0.4) is 0 Å². The molecule has 0 spiro atoms. The number of rotatable bonds is 3. The summed E-state index contributed by atoms with van der Waals surface area (Å²) >= 11 is 0. The summed E-state index contributed by atoms with van der Waals surface area (Å²) in [5, 5.41) is 7.26. The summed E-state index contributed by atoms with van der Waals surface area (Å²) in [4.78, 5) is 4.54. The van der Waals surface area contributed by atoms with E-state index in [-0.39, 0.29) is 0 Å². The van der Waals surface area contributed by atoms with Gasteiger partial charge in [-0.1, -0.05) is 17.3 Å². The highest BCUT2D eigenvalue weighted by molar-refractivity contribution is 5.72. The van der Waals surface area contributed by atoms with Crippen molar-refractivity contribution in [1.82, 2.24) is 10.1 Å². The van der Waals surface area contributed by atoms with Gasteiger partial charge in [0.1, 0.15) is 5.60 Å². The molecule has 5 heteroatoms. The lowest BCUT2D eigenvalue weighted by Crippen LogP contribution is -2.31. The predicted molar refractivity (Wildman–Crippen MR) is 76.4 cm³/mol. The largest absolute Gasteiger partial charge is 0.387 e. The molecular formula is C15H19N3O2. The minimum absolute atomic E-state index is 0.422. The Kier molecular flexibility index (Phi) is 3.44. The molecule has 3 rings (SSSR count). The van der Waals surface area contributed by atoms with Crippen LogP contribution in [0.15, 0.2) is 28.8 Å². The molecule has 20 heavy (non-hydrogen) atoms. The average molecular weight is 273 g/mol. The van der Waals surface area contributed by atoms with Crippen molar-refractivity contribution >= 4 is 5.69 Å². The molecule has 1 unspecified atom stereocenters. The third-order valence-electron chi connectivity index (χ3n) is 3.79. The van der Waals surface area contributed by atoms with Crippen LogP contribution in [-0.4, -0.2) is 23.8 Å². The summed E-state index contributed by atoms with van der Waals surface area (Å²) < 4.78 is 11.3. The second kappa shape index (κ2) is 5.25. The van der Waals surface area contributed by atoms with E-state index in [0.717, 1.165) is 37.1 Å². The number of para-hydroxylation sites is 1. The maximum Gasteiger partial charge on any atom is 0.260 e. The zero-order valence-corrected chi connectivity index (χ0v) is 11.8. The van der Waals surface area contributed by atoms with Gasteiger partial charge >= 0.3 is 0 Å². The Labute approximate surface area is 118 Å². The van der Waals surface area contributed by atoms with E-state index in [1.165, 1.54) is 0 Å². The van der Waals surface area contributed by atoms with Crippen LogP contribution in [0.5, 0.6) is 0 Å². The number of nitrogens with zero attached hydrogens (tertiary/aromatic N) is 2. The van der Waals surface area contributed by atoms with Crippen LogP contribution in [0.25, 0.3) is 11.5 Å². The number of benzene rings is 1. The van der Waals surface area contributed by atoms with E-state index in [2.05, 4.69) is 15.5 Å². The average Bonchev–Trinajstić information content (AvgIpc) is 2.98. The smallest absolute Gasteiger partial charge is 0.260 e. The van der Waals surface area contributed by atoms with Gasteiger partial charge in [-0.25, -0.2) is 0 Å². The van der Waals surface area contributed by atoms with E-state index in [0.29, 0.717) is 11.7 Å². The Morgan fingerprint density at radius 3 is 2.85 bits per heavy atom. The van der Waals surface area contributed by atoms with Crippen molar-refractivity contribution in [3.05, 3.63) is 30.1 Å². The molecule has 5 nitrogen and oxygen atoms in total. The van der Waals surface area contributed by atoms with Crippen LogP contribution in [0.2, 0.25) is 0 Å². The van der Waals surface area contributed by atoms with Crippen LogP contribution in [0, 0.1) is 0 Å². The lowest BCUT2D eigenvalue weighted by atomic mass is 9.95. The van der Waals surface area contributed by atoms with E-state index < -0.39 is 5.60 Å². The molecule has 1 atom stereocenters. The van der Waals surface area contributed by atoms with Crippen LogP contribution in [0.4, 0.5) is 5.69 Å². The second-order valence-electron chi connectivity index (χ2n) is 5.26. The SMILES string of the molecule is CNc1ccccc1-c1nc(C2(C)CCCCO2)no1.